The number of oxazole rings is 1. The Bertz CT molecular complexity index is 2850. The van der Waals surface area contributed by atoms with E-state index in [0.717, 1.165) is 66.2 Å². The van der Waals surface area contributed by atoms with Crippen LogP contribution < -0.4 is 0 Å². The van der Waals surface area contributed by atoms with Crippen LogP contribution in [0.15, 0.2) is 150 Å². The Hall–Kier alpha value is -5.83. The second kappa shape index (κ2) is 13.9. The molecule has 54 heavy (non-hydrogen) atoms. The second-order valence-corrected chi connectivity index (χ2v) is 14.7. The summed E-state index contributed by atoms with van der Waals surface area (Å²) in [6.45, 7) is 8.63. The summed E-state index contributed by atoms with van der Waals surface area (Å²) in [4.78, 5) is 9.99. The third-order valence-electron chi connectivity index (χ3n) is 10.3. The first-order valence-corrected chi connectivity index (χ1v) is 18.0. The molecule has 5 heteroatoms. The van der Waals surface area contributed by atoms with Crippen molar-refractivity contribution in [2.45, 2.75) is 33.1 Å². The maximum atomic E-state index is 11.1. The van der Waals surface area contributed by atoms with E-state index in [1.807, 2.05) is 30.5 Å². The van der Waals surface area contributed by atoms with Crippen molar-refractivity contribution >= 4 is 32.8 Å². The molecule has 0 saturated carbocycles. The zero-order valence-corrected chi connectivity index (χ0v) is 32.7. The van der Waals surface area contributed by atoms with Crippen LogP contribution >= 0.6 is 0 Å². The van der Waals surface area contributed by atoms with Crippen molar-refractivity contribution in [3.63, 3.8) is 0 Å². The summed E-state index contributed by atoms with van der Waals surface area (Å²) in [7, 11) is 0. The average Bonchev–Trinajstić information content (AvgIpc) is 3.62. The van der Waals surface area contributed by atoms with E-state index in [1.54, 1.807) is 6.07 Å². The largest absolute Gasteiger partial charge is 0.507 e. The molecule has 0 bridgehead atoms. The van der Waals surface area contributed by atoms with Crippen LogP contribution in [-0.4, -0.2) is 15.1 Å². The Kier molecular flexibility index (Phi) is 9.04. The Labute approximate surface area is 329 Å². The molecule has 0 fully saturated rings. The Balaban J connectivity index is 0.00000413. The number of nitrogens with zero attached hydrogens (tertiary/aromatic N) is 2. The van der Waals surface area contributed by atoms with Gasteiger partial charge in [0.2, 0.25) is 5.89 Å². The zero-order valence-electron chi connectivity index (χ0n) is 30.4. The van der Waals surface area contributed by atoms with Gasteiger partial charge in [-0.15, -0.1) is 35.4 Å². The maximum absolute atomic E-state index is 11.1. The van der Waals surface area contributed by atoms with Gasteiger partial charge in [-0.05, 0) is 86.1 Å². The molecule has 0 saturated heterocycles. The molecule has 0 unspecified atom stereocenters. The van der Waals surface area contributed by atoms with Gasteiger partial charge in [0, 0.05) is 32.8 Å². The molecule has 2 aromatic heterocycles. The number of rotatable bonds is 5. The fraction of sp³-hybridized carbons (Fsp3) is 0.102. The van der Waals surface area contributed by atoms with E-state index in [1.165, 1.54) is 11.1 Å². The first-order chi connectivity index (χ1) is 25.7. The predicted octanol–water partition coefficient (Wildman–Crippen LogP) is 13.0. The van der Waals surface area contributed by atoms with Crippen LogP contribution in [-0.2, 0) is 26.5 Å². The van der Waals surface area contributed by atoms with Gasteiger partial charge in [-0.2, -0.15) is 0 Å². The van der Waals surface area contributed by atoms with Gasteiger partial charge in [-0.25, -0.2) is 4.98 Å². The van der Waals surface area contributed by atoms with E-state index < -0.39 is 0 Å². The molecule has 0 radical (unpaired) electrons. The first-order valence-electron chi connectivity index (χ1n) is 18.0. The van der Waals surface area contributed by atoms with E-state index in [2.05, 4.69) is 143 Å². The molecule has 2 heterocycles. The number of fused-ring (bicyclic) bond motifs is 3. The van der Waals surface area contributed by atoms with Gasteiger partial charge in [0.25, 0.3) is 0 Å². The van der Waals surface area contributed by atoms with Gasteiger partial charge in [-0.1, -0.05) is 129 Å². The topological polar surface area (TPSA) is 59.2 Å². The third-order valence-corrected chi connectivity index (χ3v) is 10.3. The number of hydrogen-bond donors (Lipinski definition) is 1. The third kappa shape index (κ3) is 6.21. The minimum Gasteiger partial charge on any atom is -0.507 e. The molecular weight excluding hydrogens is 844 g/mol. The SMILES string of the molecule is Cc1c(-c2ccccc2)cc(-c2[c-]c(-c3cc(-c4cccc5ccccc45)cc4oc(-c5cc(C(C)(C)C)ccc5O)nc34)ccc2)c2ncccc12.[Pt]. The molecule has 0 amide bonds. The molecule has 0 aliphatic heterocycles. The van der Waals surface area contributed by atoms with E-state index in [0.29, 0.717) is 22.6 Å². The van der Waals surface area contributed by atoms with Crippen LogP contribution in [0.3, 0.4) is 0 Å². The summed E-state index contributed by atoms with van der Waals surface area (Å²) in [6.07, 6.45) is 1.86. The molecule has 266 valence electrons. The number of aromatic hydroxyl groups is 1. The van der Waals surface area contributed by atoms with Crippen molar-refractivity contribution in [2.24, 2.45) is 0 Å². The molecule has 1 N–H and O–H groups in total. The summed E-state index contributed by atoms with van der Waals surface area (Å²) in [5.41, 5.74) is 13.1. The number of pyridine rings is 1. The van der Waals surface area contributed by atoms with E-state index in [9.17, 15) is 5.11 Å². The van der Waals surface area contributed by atoms with Gasteiger partial charge in [0.1, 0.15) is 11.3 Å². The minimum atomic E-state index is -0.119. The van der Waals surface area contributed by atoms with Crippen molar-refractivity contribution in [1.82, 2.24) is 9.97 Å². The standard InChI is InChI=1S/C49H37N2O2.Pt/c1-30-37-21-12-24-50-46(37)42(29-40(30)32-13-6-5-7-14-32)34-18-10-17-33(25-34)41-26-35(39-20-11-16-31-15-8-9-19-38(31)39)27-45-47(41)51-48(53-45)43-28-36(49(2,3)4)22-23-44(43)52;/h5-24,26-29,52H,1-4H3;/q-1;. The van der Waals surface area contributed by atoms with Gasteiger partial charge in [-0.3, -0.25) is 4.98 Å². The number of phenols is 1. The van der Waals surface area contributed by atoms with Crippen LogP contribution in [0, 0.1) is 13.0 Å². The van der Waals surface area contributed by atoms with Crippen molar-refractivity contribution in [3.05, 3.63) is 163 Å². The van der Waals surface area contributed by atoms with Crippen LogP contribution in [0.4, 0.5) is 0 Å². The molecular formula is C49H37N2O2Pt-. The fourth-order valence-corrected chi connectivity index (χ4v) is 7.45. The molecule has 7 aromatic carbocycles. The van der Waals surface area contributed by atoms with Gasteiger partial charge in [0.05, 0.1) is 11.1 Å². The van der Waals surface area contributed by atoms with Crippen molar-refractivity contribution < 1.29 is 30.6 Å². The summed E-state index contributed by atoms with van der Waals surface area (Å²) >= 11 is 0. The fourth-order valence-electron chi connectivity index (χ4n) is 7.45. The summed E-state index contributed by atoms with van der Waals surface area (Å²) in [5, 5.41) is 14.5. The smallest absolute Gasteiger partial charge is 0.230 e. The number of aryl methyl sites for hydroxylation is 1. The monoisotopic (exact) mass is 880 g/mol. The van der Waals surface area contributed by atoms with Crippen LogP contribution in [0.25, 0.3) is 88.7 Å². The Morgan fingerprint density at radius 3 is 2.09 bits per heavy atom. The number of aromatic nitrogens is 2. The zero-order chi connectivity index (χ0) is 36.3. The quantitative estimate of drug-likeness (QED) is 0.175. The first kappa shape index (κ1) is 35.2. The van der Waals surface area contributed by atoms with Crippen LogP contribution in [0.5, 0.6) is 5.75 Å². The average molecular weight is 881 g/mol. The molecule has 9 aromatic rings. The summed E-state index contributed by atoms with van der Waals surface area (Å²) in [6, 6.07) is 51.7. The van der Waals surface area contributed by atoms with Crippen molar-refractivity contribution in [2.75, 3.05) is 0 Å². The molecule has 0 aliphatic rings. The van der Waals surface area contributed by atoms with Gasteiger partial charge in [0.15, 0.2) is 0 Å². The van der Waals surface area contributed by atoms with Gasteiger partial charge < -0.3 is 9.52 Å². The van der Waals surface area contributed by atoms with E-state index in [4.69, 9.17) is 14.4 Å². The molecule has 0 spiro atoms. The summed E-state index contributed by atoms with van der Waals surface area (Å²) < 4.78 is 6.59. The Morgan fingerprint density at radius 1 is 0.593 bits per heavy atom. The van der Waals surface area contributed by atoms with Gasteiger partial charge >= 0.3 is 0 Å². The van der Waals surface area contributed by atoms with Crippen molar-refractivity contribution in [3.8, 4) is 61.7 Å². The predicted molar refractivity (Wildman–Crippen MR) is 218 cm³/mol. The number of hydrogen-bond acceptors (Lipinski definition) is 4. The van der Waals surface area contributed by atoms with Crippen LogP contribution in [0.2, 0.25) is 0 Å². The summed E-state index contributed by atoms with van der Waals surface area (Å²) in [5.74, 6) is 0.499. The van der Waals surface area contributed by atoms with E-state index >= 15 is 0 Å². The minimum absolute atomic E-state index is 0. The van der Waals surface area contributed by atoms with Crippen LogP contribution in [0.1, 0.15) is 31.9 Å². The number of phenolic OH excluding ortho intramolecular Hbond substituents is 1. The normalized spacial score (nSPS) is 11.6. The molecule has 0 atom stereocenters. The number of benzene rings is 7. The molecule has 0 aliphatic carbocycles. The van der Waals surface area contributed by atoms with E-state index in [-0.39, 0.29) is 32.2 Å². The molecule has 4 nitrogen and oxygen atoms in total. The second-order valence-electron chi connectivity index (χ2n) is 14.7. The molecule has 9 rings (SSSR count). The van der Waals surface area contributed by atoms with Crippen molar-refractivity contribution in [1.29, 1.82) is 0 Å². The maximum Gasteiger partial charge on any atom is 0.230 e. The Morgan fingerprint density at radius 2 is 1.30 bits per heavy atom.